The van der Waals surface area contributed by atoms with Crippen molar-refractivity contribution in [2.24, 2.45) is 0 Å². The summed E-state index contributed by atoms with van der Waals surface area (Å²) in [5.74, 6) is 0. The van der Waals surface area contributed by atoms with Gasteiger partial charge in [-0.3, -0.25) is 0 Å². The van der Waals surface area contributed by atoms with Crippen LogP contribution in [-0.2, 0) is 0 Å². The quantitative estimate of drug-likeness (QED) is 0.421. The van der Waals surface area contributed by atoms with Crippen molar-refractivity contribution in [3.63, 3.8) is 0 Å². The van der Waals surface area contributed by atoms with Crippen LogP contribution in [0, 0.1) is 0 Å². The summed E-state index contributed by atoms with van der Waals surface area (Å²) in [7, 11) is 6.62. The summed E-state index contributed by atoms with van der Waals surface area (Å²) in [5, 5.41) is 0. The zero-order chi connectivity index (χ0) is 7.00. The van der Waals surface area contributed by atoms with E-state index in [1.165, 1.54) is 0 Å². The fourth-order valence-corrected chi connectivity index (χ4v) is 0. The van der Waals surface area contributed by atoms with E-state index in [0.717, 1.165) is 4.48 Å². The third-order valence-corrected chi connectivity index (χ3v) is 2.01. The predicted octanol–water partition coefficient (Wildman–Crippen LogP) is 1.49. The lowest BCUT2D eigenvalue weighted by Crippen LogP contribution is -2.50. The summed E-state index contributed by atoms with van der Waals surface area (Å²) in [6.45, 7) is 6.73. The topological polar surface area (TPSA) is 0 Å². The third kappa shape index (κ3) is 1.83. The van der Waals surface area contributed by atoms with Gasteiger partial charge in [-0.25, -0.2) is 0 Å². The molecule has 0 rings (SSSR count). The molecule has 0 amide bonds. The highest BCUT2D eigenvalue weighted by Gasteiger charge is 2.25. The molecular formula is C7H18N+. The molecule has 0 radical (unpaired) electrons. The third-order valence-electron chi connectivity index (χ3n) is 2.01. The molecule has 0 aromatic carbocycles. The predicted molar refractivity (Wildman–Crippen MR) is 37.8 cm³/mol. The molecule has 1 nitrogen and oxygen atoms in total. The van der Waals surface area contributed by atoms with Gasteiger partial charge < -0.3 is 4.48 Å². The summed E-state index contributed by atoms with van der Waals surface area (Å²) in [5.41, 5.74) is 0.375. The van der Waals surface area contributed by atoms with E-state index in [4.69, 9.17) is 0 Å². The van der Waals surface area contributed by atoms with Gasteiger partial charge in [0.15, 0.2) is 0 Å². The Hall–Kier alpha value is -0.0400. The molecule has 0 aromatic rings. The molecule has 0 spiro atoms. The zero-order valence-electron chi connectivity index (χ0n) is 6.95. The van der Waals surface area contributed by atoms with Gasteiger partial charge in [0.2, 0.25) is 0 Å². The van der Waals surface area contributed by atoms with Crippen molar-refractivity contribution in [2.75, 3.05) is 21.1 Å². The van der Waals surface area contributed by atoms with Crippen LogP contribution in [0.15, 0.2) is 0 Å². The fourth-order valence-electron chi connectivity index (χ4n) is 0. The molecule has 1 heteroatoms. The van der Waals surface area contributed by atoms with E-state index in [9.17, 15) is 0 Å². The van der Waals surface area contributed by atoms with Gasteiger partial charge in [0.1, 0.15) is 0 Å². The molecule has 0 heterocycles. The second-order valence-electron chi connectivity index (χ2n) is 4.18. The van der Waals surface area contributed by atoms with Crippen LogP contribution in [-0.4, -0.2) is 31.2 Å². The van der Waals surface area contributed by atoms with Crippen LogP contribution in [0.25, 0.3) is 0 Å². The van der Waals surface area contributed by atoms with Crippen molar-refractivity contribution >= 4 is 0 Å². The van der Waals surface area contributed by atoms with E-state index in [1.54, 1.807) is 0 Å². The van der Waals surface area contributed by atoms with Crippen LogP contribution >= 0.6 is 0 Å². The first kappa shape index (κ1) is 7.96. The highest BCUT2D eigenvalue weighted by Crippen LogP contribution is 2.14. The van der Waals surface area contributed by atoms with E-state index in [-0.39, 0.29) is 0 Å². The van der Waals surface area contributed by atoms with Crippen molar-refractivity contribution in [1.82, 2.24) is 0 Å². The Morgan fingerprint density at radius 3 is 1.00 bits per heavy atom. The maximum Gasteiger partial charge on any atom is 0.0901 e. The summed E-state index contributed by atoms with van der Waals surface area (Å²) in [4.78, 5) is 0. The lowest BCUT2D eigenvalue weighted by Gasteiger charge is -2.38. The first-order chi connectivity index (χ1) is 3.25. The lowest BCUT2D eigenvalue weighted by molar-refractivity contribution is -0.917. The molecule has 0 atom stereocenters. The molecule has 0 aliphatic carbocycles. The lowest BCUT2D eigenvalue weighted by atomic mass is 10.1. The summed E-state index contributed by atoms with van der Waals surface area (Å²) in [6.07, 6.45) is 0. The summed E-state index contributed by atoms with van der Waals surface area (Å²) < 4.78 is 1.02. The highest BCUT2D eigenvalue weighted by molar-refractivity contribution is 4.57. The van der Waals surface area contributed by atoms with Gasteiger partial charge in [-0.1, -0.05) is 0 Å². The molecular weight excluding hydrogens is 98.1 g/mol. The number of quaternary nitrogens is 1. The van der Waals surface area contributed by atoms with Crippen molar-refractivity contribution in [3.05, 3.63) is 0 Å². The smallest absolute Gasteiger partial charge is 0.0901 e. The Morgan fingerprint density at radius 1 is 0.875 bits per heavy atom. The van der Waals surface area contributed by atoms with Crippen LogP contribution in [0.4, 0.5) is 0 Å². The van der Waals surface area contributed by atoms with Crippen LogP contribution in [0.3, 0.4) is 0 Å². The van der Waals surface area contributed by atoms with Gasteiger partial charge in [-0.05, 0) is 20.8 Å². The minimum absolute atomic E-state index is 0.375. The minimum atomic E-state index is 0.375. The van der Waals surface area contributed by atoms with Crippen LogP contribution < -0.4 is 0 Å². The average Bonchev–Trinajstić information content (AvgIpc) is 1.25. The first-order valence-corrected chi connectivity index (χ1v) is 3.07. The Kier molecular flexibility index (Phi) is 1.72. The van der Waals surface area contributed by atoms with Crippen LogP contribution in [0.1, 0.15) is 20.8 Å². The number of hydrogen-bond donors (Lipinski definition) is 0. The van der Waals surface area contributed by atoms with E-state index in [0.29, 0.717) is 5.54 Å². The van der Waals surface area contributed by atoms with Gasteiger partial charge in [0, 0.05) is 0 Å². The molecule has 0 aliphatic heterocycles. The largest absolute Gasteiger partial charge is 0.327 e. The molecule has 0 aromatic heterocycles. The fraction of sp³-hybridized carbons (Fsp3) is 1.00. The molecule has 0 unspecified atom stereocenters. The van der Waals surface area contributed by atoms with E-state index in [1.807, 2.05) is 0 Å². The molecule has 0 N–H and O–H groups in total. The average molecular weight is 116 g/mol. The number of hydrogen-bond acceptors (Lipinski definition) is 0. The van der Waals surface area contributed by atoms with Gasteiger partial charge in [-0.15, -0.1) is 0 Å². The molecule has 0 aliphatic rings. The van der Waals surface area contributed by atoms with Crippen molar-refractivity contribution in [1.29, 1.82) is 0 Å². The Bertz CT molecular complexity index is 59.4. The monoisotopic (exact) mass is 116 g/mol. The molecule has 0 bridgehead atoms. The van der Waals surface area contributed by atoms with Crippen molar-refractivity contribution in [2.45, 2.75) is 26.3 Å². The number of nitrogens with zero attached hydrogens (tertiary/aromatic N) is 1. The van der Waals surface area contributed by atoms with Crippen LogP contribution in [0.2, 0.25) is 0 Å². The van der Waals surface area contributed by atoms with Gasteiger partial charge in [0.05, 0.1) is 26.7 Å². The second-order valence-corrected chi connectivity index (χ2v) is 4.18. The van der Waals surface area contributed by atoms with Crippen LogP contribution in [0.5, 0.6) is 0 Å². The number of rotatable bonds is 0. The Morgan fingerprint density at radius 2 is 1.00 bits per heavy atom. The van der Waals surface area contributed by atoms with Gasteiger partial charge >= 0.3 is 0 Å². The molecule has 8 heavy (non-hydrogen) atoms. The van der Waals surface area contributed by atoms with Crippen molar-refractivity contribution < 1.29 is 4.48 Å². The minimum Gasteiger partial charge on any atom is -0.327 e. The zero-order valence-corrected chi connectivity index (χ0v) is 6.95. The van der Waals surface area contributed by atoms with E-state index < -0.39 is 0 Å². The molecule has 0 saturated heterocycles. The normalized spacial score (nSPS) is 14.2. The standard InChI is InChI=1S/C7H18N/c1-7(2,3)8(4,5)6/h1-6H3/q+1. The Labute approximate surface area is 52.9 Å². The maximum absolute atomic E-state index is 2.24. The molecule has 0 saturated carbocycles. The van der Waals surface area contributed by atoms with Crippen molar-refractivity contribution in [3.8, 4) is 0 Å². The summed E-state index contributed by atoms with van der Waals surface area (Å²) >= 11 is 0. The van der Waals surface area contributed by atoms with Gasteiger partial charge in [0.25, 0.3) is 0 Å². The molecule has 0 fully saturated rings. The maximum atomic E-state index is 2.24. The van der Waals surface area contributed by atoms with Gasteiger partial charge in [-0.2, -0.15) is 0 Å². The highest BCUT2D eigenvalue weighted by atomic mass is 15.3. The second kappa shape index (κ2) is 1.73. The van der Waals surface area contributed by atoms with E-state index >= 15 is 0 Å². The van der Waals surface area contributed by atoms with E-state index in [2.05, 4.69) is 41.9 Å². The Balaban J connectivity index is 4.02. The summed E-state index contributed by atoms with van der Waals surface area (Å²) in [6, 6.07) is 0. The SMILES string of the molecule is CC(C)(C)[N+](C)(C)C. The molecule has 50 valence electrons. The first-order valence-electron chi connectivity index (χ1n) is 3.07.